The van der Waals surface area contributed by atoms with E-state index in [1.54, 1.807) is 0 Å². The zero-order chi connectivity index (χ0) is 9.41. The van der Waals surface area contributed by atoms with Crippen LogP contribution in [0.5, 0.6) is 0 Å². The van der Waals surface area contributed by atoms with Crippen LogP contribution >= 0.6 is 0 Å². The Morgan fingerprint density at radius 1 is 1.58 bits per heavy atom. The van der Waals surface area contributed by atoms with Crippen LogP contribution in [-0.4, -0.2) is 10.7 Å². The molecule has 1 nitrogen and oxygen atoms in total. The van der Waals surface area contributed by atoms with Gasteiger partial charge in [0, 0.05) is 0 Å². The quantitative estimate of drug-likeness (QED) is 0.592. The van der Waals surface area contributed by atoms with Crippen LogP contribution in [0.25, 0.3) is 0 Å². The van der Waals surface area contributed by atoms with Crippen molar-refractivity contribution in [2.75, 3.05) is 0 Å². The zero-order valence-electron chi connectivity index (χ0n) is 8.22. The van der Waals surface area contributed by atoms with Crippen molar-refractivity contribution < 1.29 is 5.11 Å². The van der Waals surface area contributed by atoms with E-state index in [1.165, 1.54) is 0 Å². The SMILES string of the molecule is C#C[C@]1(O)CC[C@H]1CC(C)(C)C. The summed E-state index contributed by atoms with van der Waals surface area (Å²) in [7, 11) is 0. The first-order chi connectivity index (χ1) is 5.37. The van der Waals surface area contributed by atoms with E-state index in [9.17, 15) is 5.11 Å². The Morgan fingerprint density at radius 2 is 2.17 bits per heavy atom. The highest BCUT2D eigenvalue weighted by atomic mass is 16.3. The van der Waals surface area contributed by atoms with E-state index in [-0.39, 0.29) is 5.41 Å². The fourth-order valence-corrected chi connectivity index (χ4v) is 1.82. The number of hydrogen-bond acceptors (Lipinski definition) is 1. The fourth-order valence-electron chi connectivity index (χ4n) is 1.82. The summed E-state index contributed by atoms with van der Waals surface area (Å²) < 4.78 is 0. The monoisotopic (exact) mass is 166 g/mol. The largest absolute Gasteiger partial charge is 0.377 e. The third-order valence-electron chi connectivity index (χ3n) is 2.66. The molecule has 0 aromatic carbocycles. The average Bonchev–Trinajstić information content (AvgIpc) is 1.95. The lowest BCUT2D eigenvalue weighted by molar-refractivity contribution is -0.0588. The van der Waals surface area contributed by atoms with Gasteiger partial charge in [-0.3, -0.25) is 0 Å². The number of hydrogen-bond donors (Lipinski definition) is 1. The van der Waals surface area contributed by atoms with Gasteiger partial charge in [0.25, 0.3) is 0 Å². The first kappa shape index (κ1) is 9.61. The second-order valence-electron chi connectivity index (χ2n) is 5.07. The summed E-state index contributed by atoms with van der Waals surface area (Å²) in [4.78, 5) is 0. The van der Waals surface area contributed by atoms with E-state index < -0.39 is 5.60 Å². The summed E-state index contributed by atoms with van der Waals surface area (Å²) in [6.45, 7) is 6.55. The summed E-state index contributed by atoms with van der Waals surface area (Å²) in [5.41, 5.74) is -0.511. The number of rotatable bonds is 1. The van der Waals surface area contributed by atoms with Crippen molar-refractivity contribution in [3.05, 3.63) is 0 Å². The van der Waals surface area contributed by atoms with Gasteiger partial charge in [-0.25, -0.2) is 0 Å². The molecule has 0 aromatic heterocycles. The summed E-state index contributed by atoms with van der Waals surface area (Å²) in [5.74, 6) is 2.83. The van der Waals surface area contributed by atoms with Crippen molar-refractivity contribution >= 4 is 0 Å². The van der Waals surface area contributed by atoms with Gasteiger partial charge in [0.05, 0.1) is 0 Å². The number of terminal acetylenes is 1. The van der Waals surface area contributed by atoms with Crippen LogP contribution in [0.1, 0.15) is 40.0 Å². The van der Waals surface area contributed by atoms with Crippen molar-refractivity contribution in [1.82, 2.24) is 0 Å². The van der Waals surface area contributed by atoms with Crippen molar-refractivity contribution in [3.63, 3.8) is 0 Å². The Hall–Kier alpha value is -0.480. The fraction of sp³-hybridized carbons (Fsp3) is 0.818. The molecule has 0 aliphatic heterocycles. The zero-order valence-corrected chi connectivity index (χ0v) is 8.22. The molecule has 1 fully saturated rings. The van der Waals surface area contributed by atoms with Crippen molar-refractivity contribution in [1.29, 1.82) is 0 Å². The van der Waals surface area contributed by atoms with Gasteiger partial charge >= 0.3 is 0 Å². The molecule has 1 N–H and O–H groups in total. The van der Waals surface area contributed by atoms with Crippen LogP contribution in [-0.2, 0) is 0 Å². The average molecular weight is 166 g/mol. The molecular weight excluding hydrogens is 148 g/mol. The Labute approximate surface area is 75.2 Å². The van der Waals surface area contributed by atoms with E-state index in [2.05, 4.69) is 26.7 Å². The molecule has 0 heterocycles. The molecule has 0 aromatic rings. The molecule has 12 heavy (non-hydrogen) atoms. The second kappa shape index (κ2) is 2.78. The summed E-state index contributed by atoms with van der Waals surface area (Å²) in [5, 5.41) is 9.81. The van der Waals surface area contributed by atoms with Crippen molar-refractivity contribution in [2.24, 2.45) is 11.3 Å². The molecule has 0 amide bonds. The molecule has 1 rings (SSSR count). The van der Waals surface area contributed by atoms with Gasteiger partial charge in [0.2, 0.25) is 0 Å². The van der Waals surface area contributed by atoms with Crippen LogP contribution in [0.4, 0.5) is 0 Å². The van der Waals surface area contributed by atoms with E-state index in [0.717, 1.165) is 19.3 Å². The molecule has 1 heteroatoms. The van der Waals surface area contributed by atoms with E-state index in [4.69, 9.17) is 6.42 Å². The Morgan fingerprint density at radius 3 is 2.42 bits per heavy atom. The maximum Gasteiger partial charge on any atom is 0.128 e. The molecule has 1 aliphatic carbocycles. The third-order valence-corrected chi connectivity index (χ3v) is 2.66. The maximum atomic E-state index is 9.81. The molecule has 0 spiro atoms. The molecule has 0 radical (unpaired) electrons. The molecular formula is C11H18O. The van der Waals surface area contributed by atoms with Crippen LogP contribution in [0.15, 0.2) is 0 Å². The molecule has 1 saturated carbocycles. The standard InChI is InChI=1S/C11H18O/c1-5-11(12)7-6-9(11)8-10(2,3)4/h1,9,12H,6-8H2,2-4H3/t9-,11-/m0/s1. The minimum atomic E-state index is -0.784. The van der Waals surface area contributed by atoms with E-state index in [0.29, 0.717) is 5.92 Å². The topological polar surface area (TPSA) is 20.2 Å². The van der Waals surface area contributed by atoms with Gasteiger partial charge < -0.3 is 5.11 Å². The Balaban J connectivity index is 2.52. The molecule has 0 bridgehead atoms. The highest BCUT2D eigenvalue weighted by Crippen LogP contribution is 2.44. The molecule has 2 atom stereocenters. The molecule has 1 aliphatic rings. The van der Waals surface area contributed by atoms with Gasteiger partial charge in [-0.15, -0.1) is 6.42 Å². The minimum absolute atomic E-state index is 0.274. The van der Waals surface area contributed by atoms with Gasteiger partial charge in [-0.2, -0.15) is 0 Å². The van der Waals surface area contributed by atoms with Gasteiger partial charge in [0.15, 0.2) is 0 Å². The normalized spacial score (nSPS) is 35.4. The van der Waals surface area contributed by atoms with Crippen LogP contribution in [0, 0.1) is 23.7 Å². The van der Waals surface area contributed by atoms with Crippen LogP contribution < -0.4 is 0 Å². The molecule has 0 saturated heterocycles. The van der Waals surface area contributed by atoms with Gasteiger partial charge in [-0.05, 0) is 30.6 Å². The van der Waals surface area contributed by atoms with Crippen LogP contribution in [0.3, 0.4) is 0 Å². The van der Waals surface area contributed by atoms with Gasteiger partial charge in [-0.1, -0.05) is 26.7 Å². The first-order valence-electron chi connectivity index (χ1n) is 4.57. The molecule has 0 unspecified atom stereocenters. The van der Waals surface area contributed by atoms with Crippen molar-refractivity contribution in [3.8, 4) is 12.3 Å². The molecule has 68 valence electrons. The number of aliphatic hydroxyl groups is 1. The lowest BCUT2D eigenvalue weighted by Gasteiger charge is -2.44. The summed E-state index contributed by atoms with van der Waals surface area (Å²) in [6, 6.07) is 0. The van der Waals surface area contributed by atoms with E-state index in [1.807, 2.05) is 0 Å². The predicted molar refractivity (Wildman–Crippen MR) is 50.6 cm³/mol. The van der Waals surface area contributed by atoms with Gasteiger partial charge in [0.1, 0.15) is 5.60 Å². The highest BCUT2D eigenvalue weighted by molar-refractivity contribution is 5.16. The van der Waals surface area contributed by atoms with E-state index >= 15 is 0 Å². The smallest absolute Gasteiger partial charge is 0.128 e. The third kappa shape index (κ3) is 1.81. The minimum Gasteiger partial charge on any atom is -0.377 e. The van der Waals surface area contributed by atoms with Crippen LogP contribution in [0.2, 0.25) is 0 Å². The summed E-state index contributed by atoms with van der Waals surface area (Å²) in [6.07, 6.45) is 8.16. The Kier molecular flexibility index (Phi) is 2.23. The lowest BCUT2D eigenvalue weighted by atomic mass is 9.64. The predicted octanol–water partition coefficient (Wildman–Crippen LogP) is 2.20. The lowest BCUT2D eigenvalue weighted by Crippen LogP contribution is -2.47. The summed E-state index contributed by atoms with van der Waals surface area (Å²) >= 11 is 0. The Bertz CT molecular complexity index is 206. The first-order valence-corrected chi connectivity index (χ1v) is 4.57. The second-order valence-corrected chi connectivity index (χ2v) is 5.07. The maximum absolute atomic E-state index is 9.81. The highest BCUT2D eigenvalue weighted by Gasteiger charge is 2.44. The van der Waals surface area contributed by atoms with Crippen molar-refractivity contribution in [2.45, 2.75) is 45.6 Å².